The van der Waals surface area contributed by atoms with Crippen LogP contribution in [0.4, 0.5) is 11.4 Å². The normalized spacial score (nSPS) is 20.3. The summed E-state index contributed by atoms with van der Waals surface area (Å²) in [6, 6.07) is 15.5. The summed E-state index contributed by atoms with van der Waals surface area (Å²) in [7, 11) is 0. The molecule has 3 heteroatoms. The molecule has 0 bridgehead atoms. The zero-order valence-electron chi connectivity index (χ0n) is 21.9. The van der Waals surface area contributed by atoms with Crippen LogP contribution < -0.4 is 25.0 Å². The summed E-state index contributed by atoms with van der Waals surface area (Å²) in [6.45, 7) is 7.35. The number of hydrogen-bond donors (Lipinski definition) is 0. The third-order valence-corrected chi connectivity index (χ3v) is 10.2. The fourth-order valence-electron chi connectivity index (χ4n) is 8.73. The van der Waals surface area contributed by atoms with E-state index >= 15 is 0 Å². The Labute approximate surface area is 219 Å². The van der Waals surface area contributed by atoms with Gasteiger partial charge in [0.15, 0.2) is 0 Å². The van der Waals surface area contributed by atoms with E-state index in [1.165, 1.54) is 119 Å². The van der Waals surface area contributed by atoms with Gasteiger partial charge < -0.3 is 9.80 Å². The quantitative estimate of drug-likeness (QED) is 0.513. The molecule has 6 aliphatic rings. The molecule has 0 atom stereocenters. The van der Waals surface area contributed by atoms with Gasteiger partial charge in [0.1, 0.15) is 13.1 Å². The number of nitrogens with zero attached hydrogens (tertiary/aromatic N) is 3. The topological polar surface area (TPSA) is 9.49 Å². The maximum Gasteiger partial charge on any atom is 0.206 e. The van der Waals surface area contributed by atoms with E-state index in [9.17, 15) is 0 Å². The minimum atomic E-state index is 1.21. The third-order valence-electron chi connectivity index (χ3n) is 10.2. The molecule has 0 aliphatic carbocycles. The van der Waals surface area contributed by atoms with Crippen molar-refractivity contribution < 1.29 is 0 Å². The van der Waals surface area contributed by atoms with E-state index in [1.807, 2.05) is 0 Å². The van der Waals surface area contributed by atoms with Crippen molar-refractivity contribution in [1.82, 2.24) is 4.58 Å². The van der Waals surface area contributed by atoms with E-state index in [4.69, 9.17) is 0 Å². The summed E-state index contributed by atoms with van der Waals surface area (Å²) in [5.74, 6) is 0. The molecule has 0 N–H and O–H groups in total. The Morgan fingerprint density at radius 3 is 1.68 bits per heavy atom. The van der Waals surface area contributed by atoms with Crippen LogP contribution in [0.25, 0.3) is 5.57 Å². The molecule has 3 aromatic rings. The molecule has 3 aromatic carbocycles. The van der Waals surface area contributed by atoms with Crippen LogP contribution >= 0.6 is 0 Å². The SMILES string of the molecule is c1c(C(c2cc3c4c(c2)CCN4CCC3)=c2cc3c4c(c2)CC[N+]=4CCC3)cc2c3c1CCCN3CC2. The van der Waals surface area contributed by atoms with E-state index in [0.717, 1.165) is 0 Å². The van der Waals surface area contributed by atoms with E-state index in [1.54, 1.807) is 50.1 Å². The molecule has 0 unspecified atom stereocenters. The molecular weight excluding hydrogens is 450 g/mol. The molecule has 0 saturated heterocycles. The predicted octanol–water partition coefficient (Wildman–Crippen LogP) is 3.54. The predicted molar refractivity (Wildman–Crippen MR) is 152 cm³/mol. The van der Waals surface area contributed by atoms with Crippen molar-refractivity contribution in [3.8, 4) is 0 Å². The lowest BCUT2D eigenvalue weighted by molar-refractivity contribution is 0.553. The van der Waals surface area contributed by atoms with Crippen LogP contribution in [-0.2, 0) is 38.5 Å². The van der Waals surface area contributed by atoms with Gasteiger partial charge in [0.05, 0.1) is 0 Å². The highest BCUT2D eigenvalue weighted by molar-refractivity contribution is 5.85. The van der Waals surface area contributed by atoms with Gasteiger partial charge >= 0.3 is 0 Å². The summed E-state index contributed by atoms with van der Waals surface area (Å²) >= 11 is 0. The summed E-state index contributed by atoms with van der Waals surface area (Å²) in [6.07, 6.45) is 11.2. The van der Waals surface area contributed by atoms with Crippen LogP contribution in [0.1, 0.15) is 63.8 Å². The Bertz CT molecular complexity index is 1550. The smallest absolute Gasteiger partial charge is 0.206 e. The molecule has 0 spiro atoms. The zero-order valence-corrected chi connectivity index (χ0v) is 21.9. The Hall–Kier alpha value is -3.07. The van der Waals surface area contributed by atoms with Crippen molar-refractivity contribution >= 4 is 16.9 Å². The molecule has 0 aromatic heterocycles. The standard InChI is InChI=1S/C34H36N3/c1-4-22-16-28(19-25-7-13-35(10-1)32(22)25)31(29-17-23-5-2-11-36-14-8-26(20-29)33(23)36)30-18-24-6-3-12-37-15-9-27(21-30)34(24)37/h16-21H,1-15H2/q+1. The first kappa shape index (κ1) is 20.9. The Morgan fingerprint density at radius 2 is 1.05 bits per heavy atom. The number of rotatable bonds is 2. The van der Waals surface area contributed by atoms with Gasteiger partial charge in [-0.15, -0.1) is 0 Å². The van der Waals surface area contributed by atoms with Crippen molar-refractivity contribution in [2.24, 2.45) is 0 Å². The van der Waals surface area contributed by atoms with Crippen LogP contribution in [0.3, 0.4) is 0 Å². The maximum absolute atomic E-state index is 2.65. The fraction of sp³-hybridized carbons (Fsp3) is 0.441. The first-order chi connectivity index (χ1) is 18.3. The van der Waals surface area contributed by atoms with Gasteiger partial charge in [-0.25, -0.2) is 4.58 Å². The fourth-order valence-corrected chi connectivity index (χ4v) is 8.73. The Kier molecular flexibility index (Phi) is 4.37. The molecule has 3 nitrogen and oxygen atoms in total. The molecular formula is C34H36N3+. The van der Waals surface area contributed by atoms with E-state index < -0.39 is 0 Å². The highest BCUT2D eigenvalue weighted by Crippen LogP contribution is 2.41. The lowest BCUT2D eigenvalue weighted by Crippen LogP contribution is -2.35. The van der Waals surface area contributed by atoms with Crippen molar-refractivity contribution in [3.05, 3.63) is 91.5 Å². The lowest BCUT2D eigenvalue weighted by atomic mass is 9.86. The number of benzene rings is 3. The largest absolute Gasteiger partial charge is 0.371 e. The molecule has 0 amide bonds. The maximum atomic E-state index is 2.65. The monoisotopic (exact) mass is 486 g/mol. The van der Waals surface area contributed by atoms with Crippen molar-refractivity contribution in [1.29, 1.82) is 0 Å². The highest BCUT2D eigenvalue weighted by Gasteiger charge is 2.30. The molecule has 0 saturated carbocycles. The van der Waals surface area contributed by atoms with Crippen molar-refractivity contribution in [2.75, 3.05) is 49.1 Å². The number of hydrogen-bond acceptors (Lipinski definition) is 2. The summed E-state index contributed by atoms with van der Waals surface area (Å²) in [5, 5.41) is 3.04. The molecule has 186 valence electrons. The van der Waals surface area contributed by atoms with Gasteiger partial charge in [0, 0.05) is 61.5 Å². The number of anilines is 2. The highest BCUT2D eigenvalue weighted by atomic mass is 15.2. The van der Waals surface area contributed by atoms with Gasteiger partial charge in [-0.3, -0.25) is 0 Å². The second kappa shape index (κ2) is 7.72. The molecule has 6 aliphatic heterocycles. The Balaban J connectivity index is 1.34. The lowest BCUT2D eigenvalue weighted by Gasteiger charge is -2.29. The van der Waals surface area contributed by atoms with Crippen LogP contribution in [-0.4, -0.2) is 39.3 Å². The van der Waals surface area contributed by atoms with Crippen LogP contribution in [0.5, 0.6) is 0 Å². The molecule has 6 heterocycles. The van der Waals surface area contributed by atoms with E-state index in [-0.39, 0.29) is 0 Å². The molecule has 37 heavy (non-hydrogen) atoms. The van der Waals surface area contributed by atoms with Gasteiger partial charge in [0.2, 0.25) is 5.36 Å². The summed E-state index contributed by atoms with van der Waals surface area (Å²) in [5.41, 5.74) is 17.1. The van der Waals surface area contributed by atoms with Crippen molar-refractivity contribution in [3.63, 3.8) is 0 Å². The minimum Gasteiger partial charge on any atom is -0.371 e. The van der Waals surface area contributed by atoms with Crippen LogP contribution in [0.15, 0.2) is 36.4 Å². The third kappa shape index (κ3) is 3.03. The van der Waals surface area contributed by atoms with Crippen molar-refractivity contribution in [2.45, 2.75) is 57.8 Å². The summed E-state index contributed by atoms with van der Waals surface area (Å²) in [4.78, 5) is 5.31. The average Bonchev–Trinajstić information content (AvgIpc) is 3.65. The molecule has 9 rings (SSSR count). The van der Waals surface area contributed by atoms with Gasteiger partial charge in [-0.05, 0) is 126 Å². The first-order valence-corrected chi connectivity index (χ1v) is 14.9. The van der Waals surface area contributed by atoms with Crippen LogP contribution in [0, 0.1) is 0 Å². The Morgan fingerprint density at radius 1 is 0.514 bits per heavy atom. The minimum absolute atomic E-state index is 1.21. The second-order valence-electron chi connectivity index (χ2n) is 12.3. The van der Waals surface area contributed by atoms with Gasteiger partial charge in [-0.1, -0.05) is 0 Å². The van der Waals surface area contributed by atoms with Gasteiger partial charge in [-0.2, -0.15) is 0 Å². The van der Waals surface area contributed by atoms with E-state index in [2.05, 4.69) is 50.8 Å². The number of aryl methyl sites for hydroxylation is 3. The van der Waals surface area contributed by atoms with E-state index in [0.29, 0.717) is 0 Å². The second-order valence-corrected chi connectivity index (χ2v) is 12.3. The average molecular weight is 487 g/mol. The summed E-state index contributed by atoms with van der Waals surface area (Å²) < 4.78 is 2.65. The zero-order chi connectivity index (χ0) is 24.1. The molecule has 0 fully saturated rings. The molecule has 0 radical (unpaired) electrons. The van der Waals surface area contributed by atoms with Crippen LogP contribution in [0.2, 0.25) is 0 Å². The van der Waals surface area contributed by atoms with Gasteiger partial charge in [0.25, 0.3) is 0 Å². The first-order valence-electron chi connectivity index (χ1n) is 14.9.